The van der Waals surface area contributed by atoms with Crippen molar-refractivity contribution in [2.24, 2.45) is 5.73 Å². The van der Waals surface area contributed by atoms with Crippen molar-refractivity contribution in [3.8, 4) is 11.1 Å². The lowest BCUT2D eigenvalue weighted by molar-refractivity contribution is -0.117. The first-order chi connectivity index (χ1) is 12.7. The third-order valence-electron chi connectivity index (χ3n) is 4.82. The van der Waals surface area contributed by atoms with Gasteiger partial charge in [-0.25, -0.2) is 8.42 Å². The van der Waals surface area contributed by atoms with Crippen LogP contribution in [0, 0.1) is 0 Å². The second-order valence-corrected chi connectivity index (χ2v) is 8.98. The molecule has 8 heteroatoms. The molecular formula is C19H20N2O5S. The number of amides is 1. The summed E-state index contributed by atoms with van der Waals surface area (Å²) in [5.41, 5.74) is 8.13. The highest BCUT2D eigenvalue weighted by atomic mass is 32.2. The van der Waals surface area contributed by atoms with E-state index >= 15 is 0 Å². The van der Waals surface area contributed by atoms with Crippen LogP contribution in [0.25, 0.3) is 11.1 Å². The van der Waals surface area contributed by atoms with Crippen molar-refractivity contribution in [3.63, 3.8) is 0 Å². The van der Waals surface area contributed by atoms with Gasteiger partial charge in [-0.15, -0.1) is 0 Å². The third kappa shape index (κ3) is 4.00. The number of nitrogens with two attached hydrogens (primary N) is 1. The minimum atomic E-state index is -3.63. The van der Waals surface area contributed by atoms with E-state index in [1.54, 1.807) is 18.3 Å². The Hall–Kier alpha value is -2.74. The highest BCUT2D eigenvalue weighted by molar-refractivity contribution is 7.92. The second kappa shape index (κ2) is 7.11. The minimum absolute atomic E-state index is 0.0611. The van der Waals surface area contributed by atoms with Gasteiger partial charge in [0.05, 0.1) is 0 Å². The molecule has 1 unspecified atom stereocenters. The Morgan fingerprint density at radius 1 is 1.15 bits per heavy atom. The zero-order valence-corrected chi connectivity index (χ0v) is 15.7. The number of benzene rings is 1. The monoisotopic (exact) mass is 388 g/mol. The Labute approximate surface area is 156 Å². The smallest absolute Gasteiger partial charge is 0.251 e. The molecule has 1 amide bonds. The number of aryl methyl sites for hydroxylation is 2. The molecule has 1 aromatic carbocycles. The number of primary amides is 1. The molecule has 1 aliphatic rings. The molecule has 0 saturated heterocycles. The standard InChI is InChI=1S/C19H20N2O5S/c1-27(25,26)17(19(20)24)7-9-21-8-6-13(11-18(21)23)12-2-4-15-14(10-12)3-5-16(15)22/h2,4,6,8,10-11,17H,3,5,7,9H2,1H3,(H2,20,24). The number of rotatable bonds is 6. The molecule has 0 fully saturated rings. The van der Waals surface area contributed by atoms with E-state index in [-0.39, 0.29) is 24.3 Å². The van der Waals surface area contributed by atoms with Gasteiger partial charge in [0, 0.05) is 37.0 Å². The van der Waals surface area contributed by atoms with E-state index in [2.05, 4.69) is 0 Å². The number of fused-ring (bicyclic) bond motifs is 1. The molecule has 2 aromatic rings. The Bertz CT molecular complexity index is 1090. The van der Waals surface area contributed by atoms with Crippen LogP contribution in [0.15, 0.2) is 41.3 Å². The molecule has 0 saturated carbocycles. The van der Waals surface area contributed by atoms with Crippen LogP contribution in [0.2, 0.25) is 0 Å². The first-order valence-electron chi connectivity index (χ1n) is 8.52. The minimum Gasteiger partial charge on any atom is -0.369 e. The summed E-state index contributed by atoms with van der Waals surface area (Å²) in [7, 11) is -3.63. The molecule has 1 heterocycles. The summed E-state index contributed by atoms with van der Waals surface area (Å²) in [5, 5.41) is -1.32. The van der Waals surface area contributed by atoms with Gasteiger partial charge in [0.25, 0.3) is 5.56 Å². The summed E-state index contributed by atoms with van der Waals surface area (Å²) in [6, 6.07) is 8.73. The molecule has 27 heavy (non-hydrogen) atoms. The van der Waals surface area contributed by atoms with Gasteiger partial charge in [0.15, 0.2) is 15.6 Å². The van der Waals surface area contributed by atoms with Gasteiger partial charge in [-0.3, -0.25) is 14.4 Å². The summed E-state index contributed by atoms with van der Waals surface area (Å²) in [6.45, 7) is 0.0679. The number of hydrogen-bond acceptors (Lipinski definition) is 5. The third-order valence-corrected chi connectivity index (χ3v) is 6.32. The first-order valence-corrected chi connectivity index (χ1v) is 10.5. The van der Waals surface area contributed by atoms with Crippen LogP contribution >= 0.6 is 0 Å². The average Bonchev–Trinajstić information content (AvgIpc) is 2.95. The molecule has 0 aliphatic heterocycles. The number of pyridine rings is 1. The molecule has 2 N–H and O–H groups in total. The molecule has 7 nitrogen and oxygen atoms in total. The normalized spacial score (nSPS) is 14.8. The van der Waals surface area contributed by atoms with Gasteiger partial charge < -0.3 is 10.3 Å². The average molecular weight is 388 g/mol. The number of carbonyl (C=O) groups is 2. The van der Waals surface area contributed by atoms with Crippen LogP contribution in [-0.4, -0.2) is 36.2 Å². The van der Waals surface area contributed by atoms with Crippen molar-refractivity contribution in [1.82, 2.24) is 4.57 Å². The second-order valence-electron chi connectivity index (χ2n) is 6.75. The molecule has 0 spiro atoms. The van der Waals surface area contributed by atoms with Crippen LogP contribution in [-0.2, 0) is 27.6 Å². The number of ketones is 1. The van der Waals surface area contributed by atoms with E-state index < -0.39 is 21.0 Å². The molecule has 0 bridgehead atoms. The fourth-order valence-electron chi connectivity index (χ4n) is 3.33. The molecule has 1 atom stereocenters. The van der Waals surface area contributed by atoms with Crippen molar-refractivity contribution in [2.45, 2.75) is 31.1 Å². The lowest BCUT2D eigenvalue weighted by atomic mass is 10.0. The summed E-state index contributed by atoms with van der Waals surface area (Å²) >= 11 is 0. The van der Waals surface area contributed by atoms with Gasteiger partial charge >= 0.3 is 0 Å². The Kier molecular flexibility index (Phi) is 5.01. The molecule has 0 radical (unpaired) electrons. The van der Waals surface area contributed by atoms with Crippen LogP contribution in [0.3, 0.4) is 0 Å². The van der Waals surface area contributed by atoms with Gasteiger partial charge in [-0.05, 0) is 35.6 Å². The summed E-state index contributed by atoms with van der Waals surface area (Å²) in [5.74, 6) is -0.781. The molecule has 142 valence electrons. The van der Waals surface area contributed by atoms with E-state index in [0.717, 1.165) is 22.9 Å². The number of aromatic nitrogens is 1. The van der Waals surface area contributed by atoms with E-state index in [1.807, 2.05) is 12.1 Å². The van der Waals surface area contributed by atoms with Gasteiger partial charge in [0.2, 0.25) is 5.91 Å². The van der Waals surface area contributed by atoms with E-state index in [9.17, 15) is 22.8 Å². The number of carbonyl (C=O) groups excluding carboxylic acids is 2. The Balaban J connectivity index is 1.81. The topological polar surface area (TPSA) is 116 Å². The summed E-state index contributed by atoms with van der Waals surface area (Å²) in [6.07, 6.45) is 3.68. The zero-order valence-electron chi connectivity index (χ0n) is 14.8. The van der Waals surface area contributed by atoms with Crippen LogP contribution in [0.1, 0.15) is 28.8 Å². The lowest BCUT2D eigenvalue weighted by Gasteiger charge is -2.13. The van der Waals surface area contributed by atoms with Crippen molar-refractivity contribution < 1.29 is 18.0 Å². The van der Waals surface area contributed by atoms with E-state index in [1.165, 1.54) is 10.6 Å². The van der Waals surface area contributed by atoms with Gasteiger partial charge in [-0.2, -0.15) is 0 Å². The van der Waals surface area contributed by atoms with Crippen molar-refractivity contribution in [1.29, 1.82) is 0 Å². The van der Waals surface area contributed by atoms with E-state index in [4.69, 9.17) is 5.73 Å². The quantitative estimate of drug-likeness (QED) is 0.790. The first kappa shape index (κ1) is 19.0. The highest BCUT2D eigenvalue weighted by Gasteiger charge is 2.26. The van der Waals surface area contributed by atoms with Gasteiger partial charge in [-0.1, -0.05) is 18.2 Å². The lowest BCUT2D eigenvalue weighted by Crippen LogP contribution is -2.36. The van der Waals surface area contributed by atoms with Gasteiger partial charge in [0.1, 0.15) is 5.25 Å². The molecule has 1 aliphatic carbocycles. The van der Waals surface area contributed by atoms with Crippen LogP contribution in [0.4, 0.5) is 0 Å². The predicted octanol–water partition coefficient (Wildman–Crippen LogP) is 0.933. The predicted molar refractivity (Wildman–Crippen MR) is 101 cm³/mol. The van der Waals surface area contributed by atoms with Crippen molar-refractivity contribution in [3.05, 3.63) is 58.0 Å². The number of Topliss-reactive ketones (excluding diaryl/α,β-unsaturated/α-hetero) is 1. The number of nitrogens with zero attached hydrogens (tertiary/aromatic N) is 1. The fourth-order valence-corrected chi connectivity index (χ4v) is 4.29. The Morgan fingerprint density at radius 3 is 2.48 bits per heavy atom. The summed E-state index contributed by atoms with van der Waals surface area (Å²) < 4.78 is 24.6. The highest BCUT2D eigenvalue weighted by Crippen LogP contribution is 2.27. The molecular weight excluding hydrogens is 368 g/mol. The zero-order chi connectivity index (χ0) is 19.8. The van der Waals surface area contributed by atoms with Crippen LogP contribution in [0.5, 0.6) is 0 Å². The number of hydrogen-bond donors (Lipinski definition) is 1. The molecule has 3 rings (SSSR count). The largest absolute Gasteiger partial charge is 0.369 e. The maximum atomic E-state index is 12.4. The van der Waals surface area contributed by atoms with Crippen molar-refractivity contribution in [2.75, 3.05) is 6.26 Å². The maximum Gasteiger partial charge on any atom is 0.251 e. The SMILES string of the molecule is CS(=O)(=O)C(CCn1ccc(-c2ccc3c(c2)CCC3=O)cc1=O)C(N)=O. The van der Waals surface area contributed by atoms with Crippen LogP contribution < -0.4 is 11.3 Å². The summed E-state index contributed by atoms with van der Waals surface area (Å²) in [4.78, 5) is 35.4. The Morgan fingerprint density at radius 2 is 1.85 bits per heavy atom. The van der Waals surface area contributed by atoms with Crippen molar-refractivity contribution >= 4 is 21.5 Å². The molecule has 1 aromatic heterocycles. The fraction of sp³-hybridized carbons (Fsp3) is 0.316. The van der Waals surface area contributed by atoms with E-state index in [0.29, 0.717) is 18.4 Å². The number of sulfone groups is 1. The maximum absolute atomic E-state index is 12.4.